The highest BCUT2D eigenvalue weighted by Gasteiger charge is 2.28. The maximum atomic E-state index is 13.4. The Morgan fingerprint density at radius 3 is 2.45 bits per heavy atom. The van der Waals surface area contributed by atoms with Crippen LogP contribution in [0.4, 0.5) is 5.69 Å². The molecule has 31 heavy (non-hydrogen) atoms. The van der Waals surface area contributed by atoms with Gasteiger partial charge in [0, 0.05) is 25.2 Å². The van der Waals surface area contributed by atoms with Gasteiger partial charge in [0.25, 0.3) is 0 Å². The van der Waals surface area contributed by atoms with Crippen LogP contribution in [0.5, 0.6) is 0 Å². The van der Waals surface area contributed by atoms with Gasteiger partial charge in [-0.3, -0.25) is 4.79 Å². The Morgan fingerprint density at radius 1 is 0.968 bits per heavy atom. The fourth-order valence-corrected chi connectivity index (χ4v) is 4.68. The van der Waals surface area contributed by atoms with E-state index in [0.717, 1.165) is 31.6 Å². The summed E-state index contributed by atoms with van der Waals surface area (Å²) in [6, 6.07) is 25.5. The molecule has 0 aromatic heterocycles. The highest BCUT2D eigenvalue weighted by atomic mass is 16.2. The normalized spacial score (nSPS) is 15.7. The van der Waals surface area contributed by atoms with Gasteiger partial charge >= 0.3 is 0 Å². The Hall–Kier alpha value is -2.91. The van der Waals surface area contributed by atoms with Gasteiger partial charge in [0.15, 0.2) is 0 Å². The molecule has 3 heteroatoms. The van der Waals surface area contributed by atoms with Gasteiger partial charge in [-0.05, 0) is 68.1 Å². The third kappa shape index (κ3) is 5.05. The predicted octanol–water partition coefficient (Wildman–Crippen LogP) is 5.36. The molecule has 160 valence electrons. The molecule has 1 atom stereocenters. The van der Waals surface area contributed by atoms with E-state index in [-0.39, 0.29) is 5.91 Å². The molecule has 0 saturated carbocycles. The molecule has 4 rings (SSSR count). The number of carbonyl (C=O) groups is 1. The van der Waals surface area contributed by atoms with E-state index in [4.69, 9.17) is 0 Å². The van der Waals surface area contributed by atoms with Gasteiger partial charge < -0.3 is 9.80 Å². The Bertz CT molecular complexity index is 1040. The van der Waals surface area contributed by atoms with Crippen molar-refractivity contribution in [3.05, 3.63) is 89.5 Å². The Kier molecular flexibility index (Phi) is 6.53. The van der Waals surface area contributed by atoms with E-state index >= 15 is 0 Å². The summed E-state index contributed by atoms with van der Waals surface area (Å²) in [6.07, 6.45) is 2.31. The first-order valence-corrected chi connectivity index (χ1v) is 11.2. The number of aryl methyl sites for hydroxylation is 2. The summed E-state index contributed by atoms with van der Waals surface area (Å²) >= 11 is 0. The van der Waals surface area contributed by atoms with E-state index in [2.05, 4.69) is 92.6 Å². The molecular weight excluding hydrogens is 380 g/mol. The van der Waals surface area contributed by atoms with Crippen molar-refractivity contribution in [1.29, 1.82) is 0 Å². The Labute approximate surface area is 186 Å². The van der Waals surface area contributed by atoms with Crippen molar-refractivity contribution in [3.8, 4) is 11.1 Å². The SMILES string of the molecule is Cc1ccc(-c2ccccc2CCC(=O)N2CC(CN(C)C)Cc3ccccc32)cc1. The summed E-state index contributed by atoms with van der Waals surface area (Å²) in [5, 5.41) is 0. The summed E-state index contributed by atoms with van der Waals surface area (Å²) in [4.78, 5) is 17.6. The van der Waals surface area contributed by atoms with Crippen LogP contribution in [0, 0.1) is 12.8 Å². The van der Waals surface area contributed by atoms with Crippen molar-refractivity contribution >= 4 is 11.6 Å². The van der Waals surface area contributed by atoms with Crippen LogP contribution in [0.1, 0.15) is 23.1 Å². The molecule has 1 heterocycles. The van der Waals surface area contributed by atoms with E-state index < -0.39 is 0 Å². The molecule has 0 fully saturated rings. The van der Waals surface area contributed by atoms with Crippen LogP contribution in [-0.4, -0.2) is 38.0 Å². The first-order chi connectivity index (χ1) is 15.0. The van der Waals surface area contributed by atoms with Crippen LogP contribution in [0.25, 0.3) is 11.1 Å². The fourth-order valence-electron chi connectivity index (χ4n) is 4.68. The lowest BCUT2D eigenvalue weighted by molar-refractivity contribution is -0.118. The van der Waals surface area contributed by atoms with Crippen LogP contribution in [0.3, 0.4) is 0 Å². The van der Waals surface area contributed by atoms with Gasteiger partial charge in [-0.2, -0.15) is 0 Å². The molecule has 3 nitrogen and oxygen atoms in total. The first-order valence-electron chi connectivity index (χ1n) is 11.2. The van der Waals surface area contributed by atoms with Crippen LogP contribution in [-0.2, 0) is 17.6 Å². The number of benzene rings is 3. The minimum Gasteiger partial charge on any atom is -0.312 e. The minimum atomic E-state index is 0.217. The number of hydrogen-bond donors (Lipinski definition) is 0. The molecule has 0 bridgehead atoms. The number of fused-ring (bicyclic) bond motifs is 1. The van der Waals surface area contributed by atoms with Gasteiger partial charge in [0.2, 0.25) is 5.91 Å². The van der Waals surface area contributed by atoms with Crippen molar-refractivity contribution < 1.29 is 4.79 Å². The molecule has 1 aliphatic rings. The Balaban J connectivity index is 1.52. The molecule has 0 N–H and O–H groups in total. The maximum absolute atomic E-state index is 13.4. The zero-order valence-corrected chi connectivity index (χ0v) is 18.8. The molecule has 1 aliphatic heterocycles. The van der Waals surface area contributed by atoms with E-state index in [1.54, 1.807) is 0 Å². The van der Waals surface area contributed by atoms with Crippen LogP contribution in [0.2, 0.25) is 0 Å². The highest BCUT2D eigenvalue weighted by molar-refractivity contribution is 5.95. The topological polar surface area (TPSA) is 23.6 Å². The van der Waals surface area contributed by atoms with Crippen molar-refractivity contribution in [3.63, 3.8) is 0 Å². The van der Waals surface area contributed by atoms with Gasteiger partial charge in [0.1, 0.15) is 0 Å². The molecule has 3 aromatic rings. The Morgan fingerprint density at radius 2 is 1.68 bits per heavy atom. The molecule has 0 radical (unpaired) electrons. The largest absolute Gasteiger partial charge is 0.312 e. The zero-order valence-electron chi connectivity index (χ0n) is 18.8. The van der Waals surface area contributed by atoms with Crippen LogP contribution < -0.4 is 4.90 Å². The van der Waals surface area contributed by atoms with E-state index in [0.29, 0.717) is 12.3 Å². The number of rotatable bonds is 6. The van der Waals surface area contributed by atoms with Crippen molar-refractivity contribution in [1.82, 2.24) is 4.90 Å². The van der Waals surface area contributed by atoms with Gasteiger partial charge in [-0.25, -0.2) is 0 Å². The highest BCUT2D eigenvalue weighted by Crippen LogP contribution is 2.31. The monoisotopic (exact) mass is 412 g/mol. The third-order valence-electron chi connectivity index (χ3n) is 6.14. The number of para-hydroxylation sites is 1. The van der Waals surface area contributed by atoms with Crippen molar-refractivity contribution in [2.24, 2.45) is 5.92 Å². The predicted molar refractivity (Wildman–Crippen MR) is 129 cm³/mol. The summed E-state index contributed by atoms with van der Waals surface area (Å²) in [5.41, 5.74) is 7.30. The summed E-state index contributed by atoms with van der Waals surface area (Å²) in [7, 11) is 4.21. The summed E-state index contributed by atoms with van der Waals surface area (Å²) in [6.45, 7) is 3.90. The second kappa shape index (κ2) is 9.49. The second-order valence-electron chi connectivity index (χ2n) is 8.99. The average Bonchev–Trinajstić information content (AvgIpc) is 2.77. The zero-order chi connectivity index (χ0) is 21.8. The maximum Gasteiger partial charge on any atom is 0.227 e. The molecule has 0 aliphatic carbocycles. The van der Waals surface area contributed by atoms with E-state index in [1.807, 2.05) is 11.0 Å². The van der Waals surface area contributed by atoms with Gasteiger partial charge in [0.05, 0.1) is 0 Å². The van der Waals surface area contributed by atoms with Gasteiger partial charge in [-0.15, -0.1) is 0 Å². The number of anilines is 1. The summed E-state index contributed by atoms with van der Waals surface area (Å²) in [5.74, 6) is 0.684. The molecule has 1 amide bonds. The smallest absolute Gasteiger partial charge is 0.227 e. The average molecular weight is 413 g/mol. The quantitative estimate of drug-likeness (QED) is 0.544. The molecule has 0 spiro atoms. The summed E-state index contributed by atoms with van der Waals surface area (Å²) < 4.78 is 0. The first kappa shape index (κ1) is 21.3. The third-order valence-corrected chi connectivity index (χ3v) is 6.14. The lowest BCUT2D eigenvalue weighted by Gasteiger charge is -2.36. The van der Waals surface area contributed by atoms with Crippen molar-refractivity contribution in [2.75, 3.05) is 32.1 Å². The number of amides is 1. The lowest BCUT2D eigenvalue weighted by atomic mass is 9.91. The fraction of sp³-hybridized carbons (Fsp3) is 0.321. The standard InChI is InChI=1S/C28H32N2O/c1-21-12-14-24(15-13-21)26-10-6-4-8-23(26)16-17-28(31)30-20-22(19-29(2)3)18-25-9-5-7-11-27(25)30/h4-15,22H,16-20H2,1-3H3. The number of carbonyl (C=O) groups excluding carboxylic acids is 1. The van der Waals surface area contributed by atoms with E-state index in [1.165, 1.54) is 27.8 Å². The molecule has 0 saturated heterocycles. The lowest BCUT2D eigenvalue weighted by Crippen LogP contribution is -2.43. The molecule has 3 aromatic carbocycles. The van der Waals surface area contributed by atoms with E-state index in [9.17, 15) is 4.79 Å². The number of nitrogens with zero attached hydrogens (tertiary/aromatic N) is 2. The van der Waals surface area contributed by atoms with Crippen LogP contribution >= 0.6 is 0 Å². The van der Waals surface area contributed by atoms with Gasteiger partial charge in [-0.1, -0.05) is 72.3 Å². The van der Waals surface area contributed by atoms with Crippen molar-refractivity contribution in [2.45, 2.75) is 26.2 Å². The molecule has 1 unspecified atom stereocenters. The molecular formula is C28H32N2O. The van der Waals surface area contributed by atoms with Crippen LogP contribution in [0.15, 0.2) is 72.8 Å². The second-order valence-corrected chi connectivity index (χ2v) is 8.99. The number of hydrogen-bond acceptors (Lipinski definition) is 2. The minimum absolute atomic E-state index is 0.217.